The zero-order valence-electron chi connectivity index (χ0n) is 16.1. The SMILES string of the molecule is CC1CN(c2ccc3cc(-c4cn5cccc(F)c5n4)c(=O)oc3n2)C[C@H](C)N1. The van der Waals surface area contributed by atoms with Gasteiger partial charge in [-0.1, -0.05) is 0 Å². The largest absolute Gasteiger partial charge is 0.403 e. The Morgan fingerprint density at radius 1 is 1.17 bits per heavy atom. The van der Waals surface area contributed by atoms with E-state index in [1.54, 1.807) is 28.9 Å². The molecule has 2 atom stereocenters. The highest BCUT2D eigenvalue weighted by atomic mass is 19.1. The molecule has 7 nitrogen and oxygen atoms in total. The molecule has 1 aliphatic heterocycles. The maximum atomic E-state index is 13.9. The fourth-order valence-electron chi connectivity index (χ4n) is 3.97. The number of nitrogens with zero attached hydrogens (tertiary/aromatic N) is 4. The summed E-state index contributed by atoms with van der Waals surface area (Å²) in [5.41, 5.74) is 0.537. The van der Waals surface area contributed by atoms with E-state index in [2.05, 4.69) is 34.0 Å². The molecule has 0 aliphatic carbocycles. The van der Waals surface area contributed by atoms with Crippen molar-refractivity contribution < 1.29 is 8.81 Å². The fourth-order valence-corrected chi connectivity index (χ4v) is 3.97. The van der Waals surface area contributed by atoms with Gasteiger partial charge in [-0.15, -0.1) is 0 Å². The third-order valence-corrected chi connectivity index (χ3v) is 5.18. The number of aromatic nitrogens is 3. The van der Waals surface area contributed by atoms with Crippen LogP contribution >= 0.6 is 0 Å². The quantitative estimate of drug-likeness (QED) is 0.564. The van der Waals surface area contributed by atoms with Crippen molar-refractivity contribution in [2.24, 2.45) is 0 Å². The van der Waals surface area contributed by atoms with Gasteiger partial charge in [-0.05, 0) is 44.2 Å². The van der Waals surface area contributed by atoms with Gasteiger partial charge in [0.2, 0.25) is 5.71 Å². The molecule has 0 radical (unpaired) electrons. The minimum atomic E-state index is -0.548. The van der Waals surface area contributed by atoms with Crippen molar-refractivity contribution in [2.45, 2.75) is 25.9 Å². The molecule has 1 aliphatic rings. The summed E-state index contributed by atoms with van der Waals surface area (Å²) in [5.74, 6) is 0.332. The summed E-state index contributed by atoms with van der Waals surface area (Å²) in [6.07, 6.45) is 3.29. The highest BCUT2D eigenvalue weighted by molar-refractivity contribution is 5.80. The number of nitrogens with one attached hydrogen (secondary N) is 1. The van der Waals surface area contributed by atoms with Crippen LogP contribution in [0.3, 0.4) is 0 Å². The first kappa shape index (κ1) is 17.8. The molecular weight excluding hydrogens is 373 g/mol. The predicted octanol–water partition coefficient (Wildman–Crippen LogP) is 2.83. The van der Waals surface area contributed by atoms with Gasteiger partial charge < -0.3 is 19.0 Å². The van der Waals surface area contributed by atoms with Gasteiger partial charge in [0.1, 0.15) is 5.82 Å². The summed E-state index contributed by atoms with van der Waals surface area (Å²) >= 11 is 0. The Bertz CT molecular complexity index is 1270. The minimum absolute atomic E-state index is 0.164. The zero-order chi connectivity index (χ0) is 20.1. The first-order chi connectivity index (χ1) is 14.0. The van der Waals surface area contributed by atoms with E-state index in [-0.39, 0.29) is 16.9 Å². The van der Waals surface area contributed by atoms with Crippen LogP contribution in [-0.2, 0) is 0 Å². The molecule has 29 heavy (non-hydrogen) atoms. The van der Waals surface area contributed by atoms with Crippen LogP contribution in [0.1, 0.15) is 13.8 Å². The van der Waals surface area contributed by atoms with Crippen LogP contribution in [0.4, 0.5) is 10.2 Å². The summed E-state index contributed by atoms with van der Waals surface area (Å²) in [6, 6.07) is 9.12. The molecule has 1 fully saturated rings. The predicted molar refractivity (Wildman–Crippen MR) is 109 cm³/mol. The third kappa shape index (κ3) is 3.15. The summed E-state index contributed by atoms with van der Waals surface area (Å²) in [4.78, 5) is 23.6. The second-order valence-corrected chi connectivity index (χ2v) is 7.60. The van der Waals surface area contributed by atoms with Crippen LogP contribution in [0.2, 0.25) is 0 Å². The second kappa shape index (κ2) is 6.66. The maximum Gasteiger partial charge on any atom is 0.347 e. The zero-order valence-corrected chi connectivity index (χ0v) is 16.1. The van der Waals surface area contributed by atoms with Gasteiger partial charge in [0, 0.05) is 43.0 Å². The average Bonchev–Trinajstić information content (AvgIpc) is 3.11. The maximum absolute atomic E-state index is 13.9. The Kier molecular flexibility index (Phi) is 4.09. The van der Waals surface area contributed by atoms with E-state index in [4.69, 9.17) is 4.42 Å². The number of halogens is 1. The first-order valence-electron chi connectivity index (χ1n) is 9.57. The molecule has 1 N–H and O–H groups in total. The van der Waals surface area contributed by atoms with Crippen molar-refractivity contribution >= 4 is 22.6 Å². The highest BCUT2D eigenvalue weighted by Gasteiger charge is 2.22. The molecule has 1 unspecified atom stereocenters. The Hall–Kier alpha value is -3.26. The number of hydrogen-bond donors (Lipinski definition) is 1. The number of fused-ring (bicyclic) bond motifs is 2. The van der Waals surface area contributed by atoms with Crippen molar-refractivity contribution in [1.82, 2.24) is 19.7 Å². The number of imidazole rings is 1. The lowest BCUT2D eigenvalue weighted by Gasteiger charge is -2.36. The molecule has 0 amide bonds. The lowest BCUT2D eigenvalue weighted by molar-refractivity contribution is 0.405. The molecule has 148 valence electrons. The van der Waals surface area contributed by atoms with Crippen molar-refractivity contribution in [3.63, 3.8) is 0 Å². The van der Waals surface area contributed by atoms with E-state index in [1.165, 1.54) is 6.07 Å². The van der Waals surface area contributed by atoms with Crippen LogP contribution in [0.25, 0.3) is 28.0 Å². The van der Waals surface area contributed by atoms with Crippen molar-refractivity contribution in [1.29, 1.82) is 0 Å². The van der Waals surface area contributed by atoms with E-state index in [9.17, 15) is 9.18 Å². The second-order valence-electron chi connectivity index (χ2n) is 7.60. The van der Waals surface area contributed by atoms with Crippen LogP contribution in [0, 0.1) is 5.82 Å². The normalized spacial score (nSPS) is 19.9. The van der Waals surface area contributed by atoms with Gasteiger partial charge in [0.05, 0.1) is 11.3 Å². The van der Waals surface area contributed by atoms with Crippen molar-refractivity contribution in [3.05, 3.63) is 59.0 Å². The Labute approximate surface area is 165 Å². The topological polar surface area (TPSA) is 75.7 Å². The highest BCUT2D eigenvalue weighted by Crippen LogP contribution is 2.24. The first-order valence-corrected chi connectivity index (χ1v) is 9.57. The number of hydrogen-bond acceptors (Lipinski definition) is 6. The smallest absolute Gasteiger partial charge is 0.347 e. The molecule has 4 aromatic rings. The van der Waals surface area contributed by atoms with Gasteiger partial charge >= 0.3 is 5.63 Å². The molecule has 5 heterocycles. The summed E-state index contributed by atoms with van der Waals surface area (Å²) < 4.78 is 21.0. The number of rotatable bonds is 2. The molecule has 1 saturated heterocycles. The van der Waals surface area contributed by atoms with Crippen LogP contribution in [-0.4, -0.2) is 39.5 Å². The van der Waals surface area contributed by atoms with E-state index >= 15 is 0 Å². The lowest BCUT2D eigenvalue weighted by Crippen LogP contribution is -2.54. The number of piperazine rings is 1. The molecule has 5 rings (SSSR count). The van der Waals surface area contributed by atoms with Gasteiger partial charge in [-0.2, -0.15) is 4.98 Å². The Morgan fingerprint density at radius 2 is 1.97 bits per heavy atom. The fraction of sp³-hybridized carbons (Fsp3) is 0.286. The molecule has 8 heteroatoms. The Morgan fingerprint density at radius 3 is 2.72 bits per heavy atom. The van der Waals surface area contributed by atoms with Crippen LogP contribution in [0.5, 0.6) is 0 Å². The van der Waals surface area contributed by atoms with Crippen LogP contribution in [0.15, 0.2) is 51.9 Å². The van der Waals surface area contributed by atoms with Gasteiger partial charge in [0.25, 0.3) is 0 Å². The third-order valence-electron chi connectivity index (χ3n) is 5.18. The monoisotopic (exact) mass is 393 g/mol. The Balaban J connectivity index is 1.56. The van der Waals surface area contributed by atoms with E-state index in [0.29, 0.717) is 23.2 Å². The van der Waals surface area contributed by atoms with Crippen molar-refractivity contribution in [2.75, 3.05) is 18.0 Å². The minimum Gasteiger partial charge on any atom is -0.403 e. The number of pyridine rings is 2. The van der Waals surface area contributed by atoms with Gasteiger partial charge in [-0.25, -0.2) is 14.2 Å². The molecule has 0 bridgehead atoms. The molecule has 4 aromatic heterocycles. The van der Waals surface area contributed by atoms with E-state index in [1.807, 2.05) is 12.1 Å². The molecule has 0 spiro atoms. The molecular formula is C21H20FN5O2. The van der Waals surface area contributed by atoms with Gasteiger partial charge in [0.15, 0.2) is 11.5 Å². The van der Waals surface area contributed by atoms with Crippen molar-refractivity contribution in [3.8, 4) is 11.3 Å². The summed E-state index contributed by atoms with van der Waals surface area (Å²) in [7, 11) is 0. The molecule has 0 aromatic carbocycles. The molecule has 0 saturated carbocycles. The summed E-state index contributed by atoms with van der Waals surface area (Å²) in [6.45, 7) is 5.93. The van der Waals surface area contributed by atoms with Crippen LogP contribution < -0.4 is 15.8 Å². The standard InChI is InChI=1S/C21H20FN5O2/c1-12-9-27(10-13(2)23-12)18-6-5-14-8-15(21(28)29-20(14)25-18)17-11-26-7-3-4-16(22)19(26)24-17/h3-8,11-13,23H,9-10H2,1-2H3/t12-,13?/m0/s1. The van der Waals surface area contributed by atoms with Gasteiger partial charge in [-0.3, -0.25) is 0 Å². The summed E-state index contributed by atoms with van der Waals surface area (Å²) in [5, 5.41) is 4.18. The lowest BCUT2D eigenvalue weighted by atomic mass is 10.1. The number of anilines is 1. The van der Waals surface area contributed by atoms with E-state index < -0.39 is 11.4 Å². The average molecular weight is 393 g/mol. The van der Waals surface area contributed by atoms with E-state index in [0.717, 1.165) is 18.9 Å².